The fraction of sp³-hybridized carbons (Fsp3) is 0. The maximum Gasteiger partial charge on any atom is 0.196 e. The lowest BCUT2D eigenvalue weighted by Crippen LogP contribution is -2.04. The van der Waals surface area contributed by atoms with Crippen LogP contribution in [0.2, 0.25) is 10.3 Å². The largest absolute Gasteiger partial charge is 0.288 e. The molecule has 3 nitrogen and oxygen atoms in total. The van der Waals surface area contributed by atoms with E-state index in [1.54, 1.807) is 24.3 Å². The van der Waals surface area contributed by atoms with Crippen molar-refractivity contribution in [2.24, 2.45) is 0 Å². The van der Waals surface area contributed by atoms with Crippen LogP contribution in [-0.2, 0) is 0 Å². The van der Waals surface area contributed by atoms with Gasteiger partial charge in [0.2, 0.25) is 0 Å². The summed E-state index contributed by atoms with van der Waals surface area (Å²) < 4.78 is 0. The van der Waals surface area contributed by atoms with E-state index in [0.717, 1.165) is 0 Å². The maximum atomic E-state index is 12.0. The Morgan fingerprint density at radius 1 is 1.06 bits per heavy atom. The minimum Gasteiger partial charge on any atom is -0.288 e. The van der Waals surface area contributed by atoms with Crippen molar-refractivity contribution in [1.29, 1.82) is 0 Å². The van der Waals surface area contributed by atoms with Crippen molar-refractivity contribution in [2.45, 2.75) is 0 Å². The molecule has 0 fully saturated rings. The van der Waals surface area contributed by atoms with Gasteiger partial charge < -0.3 is 0 Å². The Morgan fingerprint density at radius 3 is 2.44 bits per heavy atom. The standard InChI is InChI=1S/C11H6Cl2N2O/c12-9-6-8(11(13)15-14-9)10(16)7-4-2-1-3-5-7/h1-6H. The predicted octanol–water partition coefficient (Wildman–Crippen LogP) is 3.01. The number of ketones is 1. The van der Waals surface area contributed by atoms with Gasteiger partial charge in [-0.25, -0.2) is 0 Å². The predicted molar refractivity (Wildman–Crippen MR) is 61.9 cm³/mol. The van der Waals surface area contributed by atoms with Crippen molar-refractivity contribution < 1.29 is 4.79 Å². The third-order valence-corrected chi connectivity index (χ3v) is 2.46. The summed E-state index contributed by atoms with van der Waals surface area (Å²) in [6.07, 6.45) is 0. The van der Waals surface area contributed by atoms with E-state index in [2.05, 4.69) is 10.2 Å². The number of hydrogen-bond donors (Lipinski definition) is 0. The molecule has 0 bridgehead atoms. The number of carbonyl (C=O) groups is 1. The molecule has 0 atom stereocenters. The van der Waals surface area contributed by atoms with Crippen LogP contribution >= 0.6 is 23.2 Å². The minimum absolute atomic E-state index is 0.0539. The summed E-state index contributed by atoms with van der Waals surface area (Å²) in [5.74, 6) is -0.220. The van der Waals surface area contributed by atoms with Crippen LogP contribution in [0.5, 0.6) is 0 Å². The highest BCUT2D eigenvalue weighted by Gasteiger charge is 2.14. The summed E-state index contributed by atoms with van der Waals surface area (Å²) in [5.41, 5.74) is 0.793. The van der Waals surface area contributed by atoms with Crippen LogP contribution in [0.15, 0.2) is 36.4 Å². The molecule has 1 aromatic carbocycles. The van der Waals surface area contributed by atoms with Crippen molar-refractivity contribution >= 4 is 29.0 Å². The van der Waals surface area contributed by atoms with E-state index in [4.69, 9.17) is 23.2 Å². The molecule has 0 aliphatic carbocycles. The van der Waals surface area contributed by atoms with E-state index >= 15 is 0 Å². The van der Waals surface area contributed by atoms with Crippen molar-refractivity contribution in [2.75, 3.05) is 0 Å². The van der Waals surface area contributed by atoms with Gasteiger partial charge in [-0.1, -0.05) is 53.5 Å². The third-order valence-electron chi connectivity index (χ3n) is 2.00. The number of aromatic nitrogens is 2. The van der Waals surface area contributed by atoms with E-state index < -0.39 is 0 Å². The molecule has 16 heavy (non-hydrogen) atoms. The van der Waals surface area contributed by atoms with Crippen molar-refractivity contribution in [3.63, 3.8) is 0 Å². The molecule has 2 aromatic rings. The Hall–Kier alpha value is -1.45. The lowest BCUT2D eigenvalue weighted by molar-refractivity contribution is 0.103. The summed E-state index contributed by atoms with van der Waals surface area (Å²) >= 11 is 11.5. The molecule has 5 heteroatoms. The molecular weight excluding hydrogens is 247 g/mol. The minimum atomic E-state index is -0.220. The first kappa shape index (κ1) is 11.0. The Balaban J connectivity index is 2.46. The number of carbonyl (C=O) groups excluding carboxylic acids is 1. The smallest absolute Gasteiger partial charge is 0.196 e. The number of nitrogens with zero attached hydrogens (tertiary/aromatic N) is 2. The Bertz CT molecular complexity index is 529. The summed E-state index contributed by atoms with van der Waals surface area (Å²) in [7, 11) is 0. The van der Waals surface area contributed by atoms with E-state index in [9.17, 15) is 4.79 Å². The molecule has 0 N–H and O–H groups in total. The Kier molecular flexibility index (Phi) is 3.17. The van der Waals surface area contributed by atoms with Crippen LogP contribution in [0.3, 0.4) is 0 Å². The lowest BCUT2D eigenvalue weighted by atomic mass is 10.1. The van der Waals surface area contributed by atoms with Gasteiger partial charge in [0.1, 0.15) is 0 Å². The van der Waals surface area contributed by atoms with Gasteiger partial charge in [0.25, 0.3) is 0 Å². The molecule has 0 amide bonds. The zero-order valence-corrected chi connectivity index (χ0v) is 9.53. The number of benzene rings is 1. The summed E-state index contributed by atoms with van der Waals surface area (Å²) in [5, 5.41) is 7.33. The van der Waals surface area contributed by atoms with Crippen LogP contribution in [0.25, 0.3) is 0 Å². The molecular formula is C11H6Cl2N2O. The molecule has 0 aliphatic rings. The van der Waals surface area contributed by atoms with Crippen LogP contribution in [0.4, 0.5) is 0 Å². The van der Waals surface area contributed by atoms with Gasteiger partial charge in [-0.3, -0.25) is 4.79 Å². The van der Waals surface area contributed by atoms with Crippen molar-refractivity contribution in [3.05, 3.63) is 57.8 Å². The molecule has 0 spiro atoms. The van der Waals surface area contributed by atoms with E-state index in [-0.39, 0.29) is 21.7 Å². The third kappa shape index (κ3) is 2.21. The normalized spacial score (nSPS) is 10.1. The molecule has 2 rings (SSSR count). The summed E-state index contributed by atoms with van der Waals surface area (Å²) in [6, 6.07) is 10.2. The van der Waals surface area contributed by atoms with Gasteiger partial charge in [-0.15, -0.1) is 10.2 Å². The molecule has 80 valence electrons. The highest BCUT2D eigenvalue weighted by Crippen LogP contribution is 2.19. The highest BCUT2D eigenvalue weighted by molar-refractivity contribution is 6.35. The first-order valence-corrected chi connectivity index (χ1v) is 5.22. The Labute approximate surface area is 102 Å². The molecule has 0 saturated carbocycles. The molecule has 0 unspecified atom stereocenters. The van der Waals surface area contributed by atoms with Gasteiger partial charge >= 0.3 is 0 Å². The average molecular weight is 253 g/mol. The second-order valence-electron chi connectivity index (χ2n) is 3.07. The quantitative estimate of drug-likeness (QED) is 0.772. The molecule has 0 saturated heterocycles. The van der Waals surface area contributed by atoms with Crippen molar-refractivity contribution in [3.8, 4) is 0 Å². The summed E-state index contributed by atoms with van der Waals surface area (Å²) in [6.45, 7) is 0. The van der Waals surface area contributed by atoms with Crippen molar-refractivity contribution in [1.82, 2.24) is 10.2 Å². The fourth-order valence-corrected chi connectivity index (χ4v) is 1.58. The van der Waals surface area contributed by atoms with Gasteiger partial charge in [-0.2, -0.15) is 0 Å². The van der Waals surface area contributed by atoms with Crippen LogP contribution in [0, 0.1) is 0 Å². The second kappa shape index (κ2) is 4.60. The average Bonchev–Trinajstić information content (AvgIpc) is 2.32. The van der Waals surface area contributed by atoms with Gasteiger partial charge in [-0.05, 0) is 6.07 Å². The number of rotatable bonds is 2. The van der Waals surface area contributed by atoms with E-state index in [1.807, 2.05) is 6.07 Å². The lowest BCUT2D eigenvalue weighted by Gasteiger charge is -2.02. The monoisotopic (exact) mass is 252 g/mol. The maximum absolute atomic E-state index is 12.0. The number of halogens is 2. The molecule has 1 aromatic heterocycles. The topological polar surface area (TPSA) is 42.9 Å². The first-order chi connectivity index (χ1) is 7.68. The van der Waals surface area contributed by atoms with Crippen LogP contribution < -0.4 is 0 Å². The molecule has 0 aliphatic heterocycles. The zero-order valence-electron chi connectivity index (χ0n) is 8.02. The SMILES string of the molecule is O=C(c1ccccc1)c1cc(Cl)nnc1Cl. The van der Waals surface area contributed by atoms with Gasteiger partial charge in [0.15, 0.2) is 16.1 Å². The molecule has 0 radical (unpaired) electrons. The van der Waals surface area contributed by atoms with Gasteiger partial charge in [0, 0.05) is 5.56 Å². The van der Waals surface area contributed by atoms with Gasteiger partial charge in [0.05, 0.1) is 5.56 Å². The summed E-state index contributed by atoms with van der Waals surface area (Å²) in [4.78, 5) is 12.0. The highest BCUT2D eigenvalue weighted by atomic mass is 35.5. The number of hydrogen-bond acceptors (Lipinski definition) is 3. The van der Waals surface area contributed by atoms with E-state index in [0.29, 0.717) is 5.56 Å². The zero-order chi connectivity index (χ0) is 11.5. The van der Waals surface area contributed by atoms with Crippen LogP contribution in [0.1, 0.15) is 15.9 Å². The Morgan fingerprint density at radius 2 is 1.75 bits per heavy atom. The van der Waals surface area contributed by atoms with Crippen LogP contribution in [-0.4, -0.2) is 16.0 Å². The molecule has 1 heterocycles. The fourth-order valence-electron chi connectivity index (χ4n) is 1.26. The first-order valence-electron chi connectivity index (χ1n) is 4.47. The van der Waals surface area contributed by atoms with E-state index in [1.165, 1.54) is 6.07 Å². The second-order valence-corrected chi connectivity index (χ2v) is 3.81.